The fourth-order valence-corrected chi connectivity index (χ4v) is 12.5. The minimum Gasteiger partial charge on any atom is -0.489 e. The Bertz CT molecular complexity index is 2850. The van der Waals surface area contributed by atoms with Crippen LogP contribution in [0.3, 0.4) is 0 Å². The van der Waals surface area contributed by atoms with Crippen LogP contribution in [0.15, 0.2) is 90.6 Å². The summed E-state index contributed by atoms with van der Waals surface area (Å²) >= 11 is 0. The first-order chi connectivity index (χ1) is 31.9. The Labute approximate surface area is 383 Å². The summed E-state index contributed by atoms with van der Waals surface area (Å²) in [6.07, 6.45) is 11.3. The molecule has 2 bridgehead atoms. The number of nitrogens with one attached hydrogen (secondary N) is 3. The molecule has 3 aromatic carbocycles. The summed E-state index contributed by atoms with van der Waals surface area (Å²) in [7, 11) is -4.65. The second-order valence-electron chi connectivity index (χ2n) is 19.1. The highest BCUT2D eigenvalue weighted by Crippen LogP contribution is 2.54. The van der Waals surface area contributed by atoms with Crippen molar-refractivity contribution in [2.75, 3.05) is 56.2 Å². The normalized spacial score (nSPS) is 23.9. The van der Waals surface area contributed by atoms with Gasteiger partial charge in [0.1, 0.15) is 23.8 Å². The highest BCUT2D eigenvalue weighted by atomic mass is 32.2. The van der Waals surface area contributed by atoms with E-state index < -0.39 is 31.4 Å². The van der Waals surface area contributed by atoms with E-state index in [4.69, 9.17) is 14.2 Å². The molecule has 4 saturated heterocycles. The zero-order valence-electron chi connectivity index (χ0n) is 36.9. The third-order valence-electron chi connectivity index (χ3n) is 14.9. The van der Waals surface area contributed by atoms with Crippen LogP contribution in [0.1, 0.15) is 79.4 Å². The molecule has 2 aromatic heterocycles. The van der Waals surface area contributed by atoms with Crippen molar-refractivity contribution in [1.29, 1.82) is 0 Å². The minimum atomic E-state index is -4.65. The van der Waals surface area contributed by atoms with E-state index in [9.17, 15) is 23.3 Å². The SMILES string of the molecule is C=C(C)c1ccccc1[C@@H]1CCCN1C1CC2(CCN(c3ccc(C(=O)NS(=O)(=O)c4cc5c(c([N+](=O)[O-])c4)N[C@@H](CN4C[C@@H]6C[C@H]4CO6)CO5)c(Oc4cnc5[nH]ccc5c4)c3)CC2)C1. The Morgan fingerprint density at radius 2 is 1.88 bits per heavy atom. The van der Waals surface area contributed by atoms with E-state index in [-0.39, 0.29) is 46.9 Å². The average molecular weight is 915 g/mol. The molecule has 1 aliphatic carbocycles. The maximum absolute atomic E-state index is 14.1. The number of nitro groups is 1. The topological polar surface area (TPSA) is 184 Å². The van der Waals surface area contributed by atoms with Gasteiger partial charge in [0, 0.05) is 79.8 Å². The van der Waals surface area contributed by atoms with Crippen LogP contribution in [-0.2, 0) is 14.8 Å². The number of ether oxygens (including phenoxy) is 3. The van der Waals surface area contributed by atoms with Crippen molar-refractivity contribution in [3.63, 3.8) is 0 Å². The number of aromatic amines is 1. The van der Waals surface area contributed by atoms with Gasteiger partial charge in [-0.2, -0.15) is 0 Å². The standard InChI is InChI=1S/C49H54N8O8S/c1-30(2)39-6-3-4-7-40(39)42-8-5-15-56(42)35-23-49(24-35)12-16-54(17-13-49)33-9-10-41(44(20-33)65-36-18-31-11-14-50-47(31)51-25-36)48(58)53-66(61,62)38-21-43(57(59)60)46-45(22-38)64-28-32(52-46)26-55-27-37-19-34(55)29-63-37/h3-4,6-7,9-11,14,18,20-22,25,32,34-35,37,42,52H,1,5,8,12-13,15-17,19,23-24,26-29H2,2H3,(H,50,51)(H,53,58)/t32-,34-,37-,42-/m0/s1. The van der Waals surface area contributed by atoms with Crippen LogP contribution in [0, 0.1) is 15.5 Å². The zero-order chi connectivity index (χ0) is 45.3. The molecule has 0 unspecified atom stereocenters. The lowest BCUT2D eigenvalue weighted by Crippen LogP contribution is -2.54. The van der Waals surface area contributed by atoms with Gasteiger partial charge in [0.05, 0.1) is 40.3 Å². The Morgan fingerprint density at radius 1 is 1.05 bits per heavy atom. The van der Waals surface area contributed by atoms with Crippen LogP contribution in [0.2, 0.25) is 0 Å². The molecule has 7 heterocycles. The van der Waals surface area contributed by atoms with Gasteiger partial charge in [0.25, 0.3) is 21.6 Å². The first kappa shape index (κ1) is 42.6. The predicted octanol–water partition coefficient (Wildman–Crippen LogP) is 7.65. The number of piperidine rings is 1. The lowest BCUT2D eigenvalue weighted by Gasteiger charge is -2.56. The molecule has 5 aliphatic heterocycles. The first-order valence-corrected chi connectivity index (χ1v) is 24.5. The number of pyridine rings is 1. The minimum absolute atomic E-state index is 0.0194. The number of aromatic nitrogens is 2. The Balaban J connectivity index is 0.800. The fourth-order valence-electron chi connectivity index (χ4n) is 11.5. The largest absolute Gasteiger partial charge is 0.489 e. The Hall–Kier alpha value is -6.01. The number of allylic oxidation sites excluding steroid dienone is 1. The van der Waals surface area contributed by atoms with Crippen molar-refractivity contribution in [2.24, 2.45) is 5.41 Å². The molecule has 1 saturated carbocycles. The first-order valence-electron chi connectivity index (χ1n) is 23.0. The maximum atomic E-state index is 14.1. The quantitative estimate of drug-likeness (QED) is 0.0820. The number of H-pyrrole nitrogens is 1. The van der Waals surface area contributed by atoms with Crippen LogP contribution in [0.25, 0.3) is 16.6 Å². The number of nitrogens with zero attached hydrogens (tertiary/aromatic N) is 5. The van der Waals surface area contributed by atoms with Crippen molar-refractivity contribution in [3.8, 4) is 17.2 Å². The van der Waals surface area contributed by atoms with Crippen LogP contribution >= 0.6 is 0 Å². The summed E-state index contributed by atoms with van der Waals surface area (Å²) in [6, 6.07) is 20.7. The molecule has 1 amide bonds. The third kappa shape index (κ3) is 7.94. The molecule has 6 aliphatic rings. The number of rotatable bonds is 12. The van der Waals surface area contributed by atoms with Gasteiger partial charge < -0.3 is 29.4 Å². The fraction of sp³-hybridized carbons (Fsp3) is 0.429. The molecule has 11 rings (SSSR count). The summed E-state index contributed by atoms with van der Waals surface area (Å²) in [5.41, 5.74) is 5.17. The number of carbonyl (C=O) groups is 1. The summed E-state index contributed by atoms with van der Waals surface area (Å²) in [5, 5.41) is 16.4. The van der Waals surface area contributed by atoms with Gasteiger partial charge in [-0.25, -0.2) is 18.1 Å². The smallest absolute Gasteiger partial charge is 0.297 e. The molecule has 0 radical (unpaired) electrons. The lowest BCUT2D eigenvalue weighted by molar-refractivity contribution is -0.384. The Morgan fingerprint density at radius 3 is 2.65 bits per heavy atom. The zero-order valence-corrected chi connectivity index (χ0v) is 37.7. The predicted molar refractivity (Wildman–Crippen MR) is 250 cm³/mol. The molecule has 3 N–H and O–H groups in total. The average Bonchev–Trinajstić information content (AvgIpc) is 4.14. The monoisotopic (exact) mass is 914 g/mol. The van der Waals surface area contributed by atoms with Crippen LogP contribution < -0.4 is 24.4 Å². The summed E-state index contributed by atoms with van der Waals surface area (Å²) < 4.78 is 48.1. The number of amides is 1. The lowest BCUT2D eigenvalue weighted by atomic mass is 9.59. The van der Waals surface area contributed by atoms with E-state index in [1.165, 1.54) is 49.1 Å². The number of morpholine rings is 1. The van der Waals surface area contributed by atoms with Gasteiger partial charge in [0.15, 0.2) is 11.4 Å². The van der Waals surface area contributed by atoms with Crippen molar-refractivity contribution in [3.05, 3.63) is 113 Å². The van der Waals surface area contributed by atoms with Gasteiger partial charge in [-0.15, -0.1) is 0 Å². The number of likely N-dealkylation sites (tertiary alicyclic amines) is 2. The number of hydrogen-bond donors (Lipinski definition) is 3. The van der Waals surface area contributed by atoms with Gasteiger partial charge in [0.2, 0.25) is 0 Å². The highest BCUT2D eigenvalue weighted by molar-refractivity contribution is 7.90. The van der Waals surface area contributed by atoms with E-state index in [0.29, 0.717) is 42.7 Å². The summed E-state index contributed by atoms with van der Waals surface area (Å²) in [5.74, 6) is -0.436. The summed E-state index contributed by atoms with van der Waals surface area (Å²) in [4.78, 5) is 40.2. The van der Waals surface area contributed by atoms with E-state index in [1.54, 1.807) is 24.4 Å². The molecule has 17 heteroatoms. The second-order valence-corrected chi connectivity index (χ2v) is 20.8. The Kier molecular flexibility index (Phi) is 10.8. The van der Waals surface area contributed by atoms with Gasteiger partial charge in [-0.1, -0.05) is 36.4 Å². The highest BCUT2D eigenvalue weighted by Gasteiger charge is 2.50. The van der Waals surface area contributed by atoms with E-state index >= 15 is 0 Å². The van der Waals surface area contributed by atoms with Gasteiger partial charge >= 0.3 is 0 Å². The maximum Gasteiger partial charge on any atom is 0.297 e. The van der Waals surface area contributed by atoms with E-state index in [1.807, 2.05) is 12.1 Å². The van der Waals surface area contributed by atoms with Crippen molar-refractivity contribution >= 4 is 49.6 Å². The number of benzene rings is 3. The molecular weight excluding hydrogens is 861 g/mol. The van der Waals surface area contributed by atoms with Crippen LogP contribution in [0.5, 0.6) is 17.2 Å². The number of fused-ring (bicyclic) bond motifs is 4. The number of anilines is 2. The molecule has 344 valence electrons. The van der Waals surface area contributed by atoms with Gasteiger partial charge in [-0.3, -0.25) is 24.7 Å². The van der Waals surface area contributed by atoms with E-state index in [2.05, 4.69) is 72.5 Å². The number of hydrogen-bond acceptors (Lipinski definition) is 13. The molecule has 5 fully saturated rings. The second kappa shape index (κ2) is 16.7. The summed E-state index contributed by atoms with van der Waals surface area (Å²) in [6.45, 7) is 11.4. The molecule has 16 nitrogen and oxygen atoms in total. The third-order valence-corrected chi connectivity index (χ3v) is 16.2. The van der Waals surface area contributed by atoms with Crippen LogP contribution in [-0.4, -0.2) is 109 Å². The molecule has 4 atom stereocenters. The van der Waals surface area contributed by atoms with Crippen molar-refractivity contribution in [1.82, 2.24) is 24.5 Å². The molecular formula is C49H54N8O8S. The molecule has 66 heavy (non-hydrogen) atoms. The van der Waals surface area contributed by atoms with Gasteiger partial charge in [-0.05, 0) is 99.2 Å². The molecule has 1 spiro atoms. The van der Waals surface area contributed by atoms with Crippen molar-refractivity contribution < 1.29 is 32.3 Å². The molecule has 5 aromatic rings. The van der Waals surface area contributed by atoms with Crippen LogP contribution in [0.4, 0.5) is 17.1 Å². The number of sulfonamides is 1. The number of carbonyl (C=O) groups excluding carboxylic acids is 1. The van der Waals surface area contributed by atoms with Crippen molar-refractivity contribution in [2.45, 2.75) is 87.0 Å². The number of nitro benzene ring substituents is 1. The van der Waals surface area contributed by atoms with E-state index in [0.717, 1.165) is 68.2 Å².